The molecule has 0 atom stereocenters. The summed E-state index contributed by atoms with van der Waals surface area (Å²) < 4.78 is 0. The molecule has 1 aromatic rings. The predicted octanol–water partition coefficient (Wildman–Crippen LogP) is 3.27. The number of hydrogen-bond acceptors (Lipinski definition) is 3. The molecule has 1 aromatic carbocycles. The van der Waals surface area contributed by atoms with Crippen LogP contribution in [0.4, 0.5) is 11.4 Å². The number of nitrogens with two attached hydrogens (primary N) is 1. The summed E-state index contributed by atoms with van der Waals surface area (Å²) in [5.41, 5.74) is 7.12. The Morgan fingerprint density at radius 3 is 2.61 bits per heavy atom. The molecule has 0 heterocycles. The van der Waals surface area contributed by atoms with Crippen molar-refractivity contribution < 1.29 is 4.79 Å². The van der Waals surface area contributed by atoms with Crippen LogP contribution in [0.25, 0.3) is 0 Å². The van der Waals surface area contributed by atoms with Crippen molar-refractivity contribution in [3.05, 3.63) is 24.3 Å². The molecule has 0 saturated heterocycles. The van der Waals surface area contributed by atoms with Gasteiger partial charge in [0.2, 0.25) is 5.91 Å². The summed E-state index contributed by atoms with van der Waals surface area (Å²) in [7, 11) is 0. The van der Waals surface area contributed by atoms with E-state index in [2.05, 4.69) is 5.32 Å². The lowest BCUT2D eigenvalue weighted by atomic mass is 10.3. The SMILES string of the molecule is Nc1ccc(NC(=O)CCSC2CCCC2)cc1. The topological polar surface area (TPSA) is 55.1 Å². The highest BCUT2D eigenvalue weighted by molar-refractivity contribution is 7.99. The highest BCUT2D eigenvalue weighted by Gasteiger charge is 2.15. The maximum Gasteiger partial charge on any atom is 0.225 e. The number of carbonyl (C=O) groups excluding carboxylic acids is 1. The van der Waals surface area contributed by atoms with E-state index in [1.807, 2.05) is 23.9 Å². The van der Waals surface area contributed by atoms with Gasteiger partial charge in [0.1, 0.15) is 0 Å². The van der Waals surface area contributed by atoms with Crippen molar-refractivity contribution in [2.75, 3.05) is 16.8 Å². The number of amides is 1. The third-order valence-corrected chi connectivity index (χ3v) is 4.56. The van der Waals surface area contributed by atoms with Crippen LogP contribution >= 0.6 is 11.8 Å². The highest BCUT2D eigenvalue weighted by atomic mass is 32.2. The zero-order valence-electron chi connectivity index (χ0n) is 10.5. The minimum Gasteiger partial charge on any atom is -0.399 e. The fourth-order valence-corrected chi connectivity index (χ4v) is 3.47. The first-order valence-electron chi connectivity index (χ1n) is 6.51. The first-order chi connectivity index (χ1) is 8.74. The van der Waals surface area contributed by atoms with Crippen molar-refractivity contribution in [2.24, 2.45) is 0 Å². The van der Waals surface area contributed by atoms with E-state index in [4.69, 9.17) is 5.73 Å². The van der Waals surface area contributed by atoms with E-state index >= 15 is 0 Å². The van der Waals surface area contributed by atoms with Gasteiger partial charge in [0.15, 0.2) is 0 Å². The summed E-state index contributed by atoms with van der Waals surface area (Å²) in [5, 5.41) is 3.67. The molecular weight excluding hydrogens is 244 g/mol. The van der Waals surface area contributed by atoms with Gasteiger partial charge in [-0.2, -0.15) is 11.8 Å². The molecule has 1 aliphatic rings. The summed E-state index contributed by atoms with van der Waals surface area (Å²) in [4.78, 5) is 11.7. The maximum absolute atomic E-state index is 11.7. The first kappa shape index (κ1) is 13.3. The zero-order chi connectivity index (χ0) is 12.8. The minimum atomic E-state index is 0.0882. The molecule has 0 aromatic heterocycles. The largest absolute Gasteiger partial charge is 0.399 e. The predicted molar refractivity (Wildman–Crippen MR) is 78.8 cm³/mol. The lowest BCUT2D eigenvalue weighted by molar-refractivity contribution is -0.115. The Hall–Kier alpha value is -1.16. The molecule has 3 N–H and O–H groups in total. The van der Waals surface area contributed by atoms with Crippen molar-refractivity contribution in [1.82, 2.24) is 0 Å². The molecule has 0 aliphatic heterocycles. The number of carbonyl (C=O) groups is 1. The van der Waals surface area contributed by atoms with Crippen LogP contribution in [0, 0.1) is 0 Å². The average Bonchev–Trinajstić information content (AvgIpc) is 2.85. The molecule has 18 heavy (non-hydrogen) atoms. The van der Waals surface area contributed by atoms with Crippen molar-refractivity contribution in [2.45, 2.75) is 37.4 Å². The molecule has 1 saturated carbocycles. The molecule has 98 valence electrons. The van der Waals surface area contributed by atoms with E-state index in [1.165, 1.54) is 25.7 Å². The number of rotatable bonds is 5. The van der Waals surface area contributed by atoms with E-state index < -0.39 is 0 Å². The van der Waals surface area contributed by atoms with Crippen molar-refractivity contribution in [1.29, 1.82) is 0 Å². The van der Waals surface area contributed by atoms with Crippen molar-refractivity contribution >= 4 is 29.0 Å². The molecule has 4 heteroatoms. The van der Waals surface area contributed by atoms with Crippen molar-refractivity contribution in [3.8, 4) is 0 Å². The van der Waals surface area contributed by atoms with Gasteiger partial charge < -0.3 is 11.1 Å². The Morgan fingerprint density at radius 2 is 1.94 bits per heavy atom. The summed E-state index contributed by atoms with van der Waals surface area (Å²) >= 11 is 1.94. The van der Waals surface area contributed by atoms with Gasteiger partial charge in [-0.25, -0.2) is 0 Å². The Bertz CT molecular complexity index is 385. The van der Waals surface area contributed by atoms with Crippen LogP contribution < -0.4 is 11.1 Å². The van der Waals surface area contributed by atoms with Crippen LogP contribution in [0.15, 0.2) is 24.3 Å². The van der Waals surface area contributed by atoms with Crippen LogP contribution in [0.1, 0.15) is 32.1 Å². The second-order valence-electron chi connectivity index (χ2n) is 4.70. The highest BCUT2D eigenvalue weighted by Crippen LogP contribution is 2.29. The standard InChI is InChI=1S/C14H20N2OS/c15-11-5-7-12(8-6-11)16-14(17)9-10-18-13-3-1-2-4-13/h5-8,13H,1-4,9-10,15H2,(H,16,17). The van der Waals surface area contributed by atoms with Crippen molar-refractivity contribution in [3.63, 3.8) is 0 Å². The van der Waals surface area contributed by atoms with E-state index in [0.717, 1.165) is 16.7 Å². The third-order valence-electron chi connectivity index (χ3n) is 3.18. The van der Waals surface area contributed by atoms with Gasteiger partial charge in [0, 0.05) is 28.8 Å². The number of benzene rings is 1. The van der Waals surface area contributed by atoms with Gasteiger partial charge in [0.05, 0.1) is 0 Å². The Labute approximate surface area is 113 Å². The minimum absolute atomic E-state index is 0.0882. The number of anilines is 2. The summed E-state index contributed by atoms with van der Waals surface area (Å²) in [6.45, 7) is 0. The van der Waals surface area contributed by atoms with E-state index in [1.54, 1.807) is 12.1 Å². The van der Waals surface area contributed by atoms with Gasteiger partial charge in [-0.15, -0.1) is 0 Å². The van der Waals surface area contributed by atoms with Gasteiger partial charge in [-0.1, -0.05) is 12.8 Å². The molecule has 0 unspecified atom stereocenters. The number of nitrogen functional groups attached to an aromatic ring is 1. The van der Waals surface area contributed by atoms with E-state index in [-0.39, 0.29) is 5.91 Å². The number of hydrogen-bond donors (Lipinski definition) is 2. The molecule has 1 aliphatic carbocycles. The summed E-state index contributed by atoms with van der Waals surface area (Å²) in [6, 6.07) is 7.25. The maximum atomic E-state index is 11.7. The second-order valence-corrected chi connectivity index (χ2v) is 6.11. The second kappa shape index (κ2) is 6.69. The smallest absolute Gasteiger partial charge is 0.225 e. The van der Waals surface area contributed by atoms with Gasteiger partial charge in [-0.05, 0) is 37.1 Å². The van der Waals surface area contributed by atoms with Gasteiger partial charge >= 0.3 is 0 Å². The third kappa shape index (κ3) is 4.26. The van der Waals surface area contributed by atoms with Crippen LogP contribution in [0.5, 0.6) is 0 Å². The van der Waals surface area contributed by atoms with Crippen LogP contribution in [-0.4, -0.2) is 16.9 Å². The zero-order valence-corrected chi connectivity index (χ0v) is 11.3. The molecular formula is C14H20N2OS. The lowest BCUT2D eigenvalue weighted by Crippen LogP contribution is -2.13. The van der Waals surface area contributed by atoms with Crippen LogP contribution in [-0.2, 0) is 4.79 Å². The molecule has 0 bridgehead atoms. The Morgan fingerprint density at radius 1 is 1.28 bits per heavy atom. The first-order valence-corrected chi connectivity index (χ1v) is 7.56. The molecule has 1 fully saturated rings. The van der Waals surface area contributed by atoms with E-state index in [0.29, 0.717) is 12.1 Å². The summed E-state index contributed by atoms with van der Waals surface area (Å²) in [6.07, 6.45) is 5.95. The monoisotopic (exact) mass is 264 g/mol. The normalized spacial score (nSPS) is 15.8. The molecule has 3 nitrogen and oxygen atoms in total. The van der Waals surface area contributed by atoms with Crippen LogP contribution in [0.2, 0.25) is 0 Å². The molecule has 0 radical (unpaired) electrons. The number of nitrogens with one attached hydrogen (secondary N) is 1. The van der Waals surface area contributed by atoms with Gasteiger partial charge in [-0.3, -0.25) is 4.79 Å². The Kier molecular flexibility index (Phi) is 4.93. The average molecular weight is 264 g/mol. The van der Waals surface area contributed by atoms with Gasteiger partial charge in [0.25, 0.3) is 0 Å². The quantitative estimate of drug-likeness (QED) is 0.802. The molecule has 2 rings (SSSR count). The molecule has 1 amide bonds. The molecule has 0 spiro atoms. The Balaban J connectivity index is 1.66. The van der Waals surface area contributed by atoms with Crippen LogP contribution in [0.3, 0.4) is 0 Å². The lowest BCUT2D eigenvalue weighted by Gasteiger charge is -2.09. The fourth-order valence-electron chi connectivity index (χ4n) is 2.16. The fraction of sp³-hybridized carbons (Fsp3) is 0.500. The summed E-state index contributed by atoms with van der Waals surface area (Å²) in [5.74, 6) is 1.01. The number of thioether (sulfide) groups is 1. The van der Waals surface area contributed by atoms with E-state index in [9.17, 15) is 4.79 Å².